The van der Waals surface area contributed by atoms with Crippen LogP contribution in [0.4, 0.5) is 15.9 Å². The Balaban J connectivity index is 2.42. The van der Waals surface area contributed by atoms with E-state index < -0.39 is 28.5 Å². The number of allylic oxidation sites excluding steroid dienone is 1. The summed E-state index contributed by atoms with van der Waals surface area (Å²) in [6.45, 7) is 7.02. The molecule has 0 aliphatic carbocycles. The van der Waals surface area contributed by atoms with E-state index in [2.05, 4.69) is 17.4 Å². The third-order valence-electron chi connectivity index (χ3n) is 3.98. The number of anilines is 2. The number of hydrogen-bond donors (Lipinski definition) is 2. The molecule has 0 aliphatic rings. The standard InChI is InChI=1S/C19H22FIN4O5/c1-5-25-18(27)15(17(26)23-30-9-8-29-11(2)3)16(24(4)19(25)28)22-14-7-6-12(21)10-13(14)20/h6-7,10,22H,2,5,8-9H2,1,3-4H3,(H,23,26). The second-order valence-electron chi connectivity index (χ2n) is 6.19. The van der Waals surface area contributed by atoms with Gasteiger partial charge in [0.2, 0.25) is 0 Å². The molecule has 2 rings (SSSR count). The highest BCUT2D eigenvalue weighted by atomic mass is 127. The first kappa shape index (κ1) is 23.6. The van der Waals surface area contributed by atoms with Crippen LogP contribution in [0.15, 0.2) is 40.1 Å². The molecule has 9 nitrogen and oxygen atoms in total. The molecule has 0 saturated heterocycles. The van der Waals surface area contributed by atoms with Crippen LogP contribution >= 0.6 is 22.6 Å². The molecule has 11 heteroatoms. The first-order chi connectivity index (χ1) is 14.2. The predicted molar refractivity (Wildman–Crippen MR) is 118 cm³/mol. The predicted octanol–water partition coefficient (Wildman–Crippen LogP) is 2.27. The highest BCUT2D eigenvalue weighted by Crippen LogP contribution is 2.22. The van der Waals surface area contributed by atoms with E-state index in [9.17, 15) is 18.8 Å². The summed E-state index contributed by atoms with van der Waals surface area (Å²) in [5, 5.41) is 2.69. The number of carbonyl (C=O) groups excluding carboxylic acids is 1. The zero-order valence-electron chi connectivity index (χ0n) is 16.8. The van der Waals surface area contributed by atoms with Crippen molar-refractivity contribution in [3.05, 3.63) is 66.3 Å². The lowest BCUT2D eigenvalue weighted by Gasteiger charge is -2.17. The number of carbonyl (C=O) groups is 1. The molecule has 1 amide bonds. The third-order valence-corrected chi connectivity index (χ3v) is 4.65. The van der Waals surface area contributed by atoms with Gasteiger partial charge in [-0.3, -0.25) is 23.6 Å². The highest BCUT2D eigenvalue weighted by Gasteiger charge is 2.24. The Labute approximate surface area is 185 Å². The van der Waals surface area contributed by atoms with Gasteiger partial charge in [0.05, 0.1) is 11.4 Å². The van der Waals surface area contributed by atoms with Crippen molar-refractivity contribution in [1.82, 2.24) is 14.6 Å². The van der Waals surface area contributed by atoms with E-state index >= 15 is 0 Å². The van der Waals surface area contributed by atoms with Gasteiger partial charge in [-0.15, -0.1) is 0 Å². The van der Waals surface area contributed by atoms with E-state index in [4.69, 9.17) is 9.57 Å². The maximum atomic E-state index is 14.3. The molecular formula is C19H22FIN4O5. The normalized spacial score (nSPS) is 10.6. The topological polar surface area (TPSA) is 104 Å². The summed E-state index contributed by atoms with van der Waals surface area (Å²) in [4.78, 5) is 43.0. The Bertz CT molecular complexity index is 1080. The fourth-order valence-corrected chi connectivity index (χ4v) is 2.99. The molecular weight excluding hydrogens is 510 g/mol. The van der Waals surface area contributed by atoms with Gasteiger partial charge in [-0.05, 0) is 54.6 Å². The SMILES string of the molecule is C=C(C)OCCONC(=O)c1c(Nc2ccc(I)cc2F)n(C)c(=O)n(CC)c1=O. The van der Waals surface area contributed by atoms with Crippen molar-refractivity contribution < 1.29 is 18.8 Å². The van der Waals surface area contributed by atoms with E-state index in [-0.39, 0.29) is 31.3 Å². The van der Waals surface area contributed by atoms with Crippen molar-refractivity contribution in [1.29, 1.82) is 0 Å². The van der Waals surface area contributed by atoms with Crippen LogP contribution < -0.4 is 22.0 Å². The number of benzene rings is 1. The number of hydroxylamine groups is 1. The average Bonchev–Trinajstić information content (AvgIpc) is 2.67. The zero-order chi connectivity index (χ0) is 22.4. The van der Waals surface area contributed by atoms with Gasteiger partial charge in [0.25, 0.3) is 11.5 Å². The van der Waals surface area contributed by atoms with Crippen molar-refractivity contribution in [2.75, 3.05) is 18.5 Å². The van der Waals surface area contributed by atoms with E-state index in [1.807, 2.05) is 22.6 Å². The maximum Gasteiger partial charge on any atom is 0.332 e. The summed E-state index contributed by atoms with van der Waals surface area (Å²) in [6, 6.07) is 4.36. The van der Waals surface area contributed by atoms with Crippen LogP contribution in [0.25, 0.3) is 0 Å². The van der Waals surface area contributed by atoms with Gasteiger partial charge in [0, 0.05) is 17.2 Å². The summed E-state index contributed by atoms with van der Waals surface area (Å²) in [6.07, 6.45) is 0. The number of halogens is 2. The molecule has 2 aromatic rings. The largest absolute Gasteiger partial charge is 0.496 e. The Morgan fingerprint density at radius 3 is 2.60 bits per heavy atom. The zero-order valence-corrected chi connectivity index (χ0v) is 18.9. The quantitative estimate of drug-likeness (QED) is 0.222. The second-order valence-corrected chi connectivity index (χ2v) is 7.44. The first-order valence-electron chi connectivity index (χ1n) is 8.93. The minimum Gasteiger partial charge on any atom is -0.496 e. The molecule has 0 aliphatic heterocycles. The van der Waals surface area contributed by atoms with Crippen LogP contribution in [0.2, 0.25) is 0 Å². The van der Waals surface area contributed by atoms with E-state index in [0.29, 0.717) is 9.33 Å². The van der Waals surface area contributed by atoms with Crippen LogP contribution in [-0.4, -0.2) is 28.3 Å². The van der Waals surface area contributed by atoms with Gasteiger partial charge in [-0.2, -0.15) is 0 Å². The molecule has 0 fully saturated rings. The molecule has 0 radical (unpaired) electrons. The summed E-state index contributed by atoms with van der Waals surface area (Å²) in [5.74, 6) is -1.16. The Morgan fingerprint density at radius 2 is 2.00 bits per heavy atom. The third kappa shape index (κ3) is 5.48. The number of hydrogen-bond acceptors (Lipinski definition) is 6. The Kier molecular flexibility index (Phi) is 8.17. The molecule has 30 heavy (non-hydrogen) atoms. The number of ether oxygens (including phenoxy) is 1. The Morgan fingerprint density at radius 1 is 1.30 bits per heavy atom. The molecule has 1 heterocycles. The van der Waals surface area contributed by atoms with Crippen molar-refractivity contribution >= 4 is 40.0 Å². The fourth-order valence-electron chi connectivity index (χ4n) is 2.54. The minimum atomic E-state index is -0.887. The summed E-state index contributed by atoms with van der Waals surface area (Å²) in [7, 11) is 1.37. The van der Waals surface area contributed by atoms with Crippen molar-refractivity contribution in [3.63, 3.8) is 0 Å². The first-order valence-corrected chi connectivity index (χ1v) is 10.0. The van der Waals surface area contributed by atoms with Crippen molar-refractivity contribution in [2.45, 2.75) is 20.4 Å². The van der Waals surface area contributed by atoms with Crippen LogP contribution in [0, 0.1) is 9.39 Å². The van der Waals surface area contributed by atoms with Gasteiger partial charge in [-0.1, -0.05) is 6.58 Å². The van der Waals surface area contributed by atoms with E-state index in [1.54, 1.807) is 19.9 Å². The number of nitrogens with one attached hydrogen (secondary N) is 2. The lowest BCUT2D eigenvalue weighted by molar-refractivity contribution is 0.0113. The number of nitrogens with zero attached hydrogens (tertiary/aromatic N) is 2. The number of aromatic nitrogens is 2. The van der Waals surface area contributed by atoms with Crippen LogP contribution in [-0.2, 0) is 23.2 Å². The van der Waals surface area contributed by atoms with Crippen molar-refractivity contribution in [3.8, 4) is 0 Å². The van der Waals surface area contributed by atoms with Gasteiger partial charge < -0.3 is 10.1 Å². The average molecular weight is 532 g/mol. The summed E-state index contributed by atoms with van der Waals surface area (Å²) in [5.41, 5.74) is 0.286. The summed E-state index contributed by atoms with van der Waals surface area (Å²) < 4.78 is 22.1. The maximum absolute atomic E-state index is 14.3. The molecule has 0 unspecified atom stereocenters. The molecule has 0 atom stereocenters. The molecule has 1 aromatic carbocycles. The lowest BCUT2D eigenvalue weighted by Crippen LogP contribution is -2.44. The molecule has 162 valence electrons. The molecule has 0 bridgehead atoms. The monoisotopic (exact) mass is 532 g/mol. The van der Waals surface area contributed by atoms with Crippen LogP contribution in [0.5, 0.6) is 0 Å². The molecule has 2 N–H and O–H groups in total. The van der Waals surface area contributed by atoms with E-state index in [0.717, 1.165) is 9.13 Å². The van der Waals surface area contributed by atoms with Gasteiger partial charge >= 0.3 is 5.69 Å². The number of amides is 1. The lowest BCUT2D eigenvalue weighted by atomic mass is 10.2. The van der Waals surface area contributed by atoms with Crippen LogP contribution in [0.3, 0.4) is 0 Å². The van der Waals surface area contributed by atoms with Crippen LogP contribution in [0.1, 0.15) is 24.2 Å². The van der Waals surface area contributed by atoms with Gasteiger partial charge in [-0.25, -0.2) is 14.7 Å². The summed E-state index contributed by atoms with van der Waals surface area (Å²) >= 11 is 1.95. The van der Waals surface area contributed by atoms with Gasteiger partial charge in [0.1, 0.15) is 30.4 Å². The van der Waals surface area contributed by atoms with Gasteiger partial charge in [0.15, 0.2) is 0 Å². The highest BCUT2D eigenvalue weighted by molar-refractivity contribution is 14.1. The van der Waals surface area contributed by atoms with E-state index in [1.165, 1.54) is 19.2 Å². The molecule has 1 aromatic heterocycles. The minimum absolute atomic E-state index is 0.000838. The smallest absolute Gasteiger partial charge is 0.332 e. The number of rotatable bonds is 9. The molecule has 0 saturated carbocycles. The molecule has 0 spiro atoms. The van der Waals surface area contributed by atoms with Crippen molar-refractivity contribution in [2.24, 2.45) is 7.05 Å². The second kappa shape index (κ2) is 10.4. The fraction of sp³-hybridized carbons (Fsp3) is 0.316. The Hall–Kier alpha value is -2.67.